The van der Waals surface area contributed by atoms with Gasteiger partial charge in [-0.15, -0.1) is 0 Å². The fraction of sp³-hybridized carbons (Fsp3) is 0.368. The number of sulfonamides is 1. The maximum absolute atomic E-state index is 12.2. The minimum absolute atomic E-state index is 0.484. The summed E-state index contributed by atoms with van der Waals surface area (Å²) in [6.07, 6.45) is 2.36. The first-order valence-electron chi connectivity index (χ1n) is 8.65. The SMILES string of the molecule is CS(=O)(=O)N1CCN(Cc2cccc3c2NCC3)Cc2ccccc21. The van der Waals surface area contributed by atoms with E-state index in [0.29, 0.717) is 13.1 Å². The Morgan fingerprint density at radius 1 is 1.04 bits per heavy atom. The molecule has 0 aromatic heterocycles. The summed E-state index contributed by atoms with van der Waals surface area (Å²) in [6, 6.07) is 14.3. The molecule has 2 aromatic carbocycles. The maximum atomic E-state index is 12.2. The Bertz CT molecular complexity index is 895. The molecule has 0 unspecified atom stereocenters. The highest BCUT2D eigenvalue weighted by molar-refractivity contribution is 7.92. The third kappa shape index (κ3) is 3.24. The van der Waals surface area contributed by atoms with E-state index in [1.54, 1.807) is 0 Å². The predicted molar refractivity (Wildman–Crippen MR) is 101 cm³/mol. The van der Waals surface area contributed by atoms with Gasteiger partial charge in [0.15, 0.2) is 0 Å². The van der Waals surface area contributed by atoms with Crippen molar-refractivity contribution in [2.45, 2.75) is 19.5 Å². The Kier molecular flexibility index (Phi) is 4.17. The van der Waals surface area contributed by atoms with Crippen molar-refractivity contribution in [2.75, 3.05) is 35.5 Å². The van der Waals surface area contributed by atoms with Gasteiger partial charge < -0.3 is 5.32 Å². The van der Waals surface area contributed by atoms with Crippen LogP contribution in [0.3, 0.4) is 0 Å². The fourth-order valence-corrected chi connectivity index (χ4v) is 4.77. The highest BCUT2D eigenvalue weighted by Crippen LogP contribution is 2.30. The van der Waals surface area contributed by atoms with Crippen LogP contribution in [0, 0.1) is 0 Å². The molecular formula is C19H23N3O2S. The van der Waals surface area contributed by atoms with Crippen LogP contribution in [0.15, 0.2) is 42.5 Å². The molecule has 4 rings (SSSR count). The Hall–Kier alpha value is -2.05. The molecule has 5 nitrogen and oxygen atoms in total. The van der Waals surface area contributed by atoms with Crippen molar-refractivity contribution in [2.24, 2.45) is 0 Å². The molecule has 0 aliphatic carbocycles. The van der Waals surface area contributed by atoms with E-state index in [4.69, 9.17) is 0 Å². The van der Waals surface area contributed by atoms with E-state index < -0.39 is 10.0 Å². The van der Waals surface area contributed by atoms with Crippen molar-refractivity contribution in [3.63, 3.8) is 0 Å². The highest BCUT2D eigenvalue weighted by atomic mass is 32.2. The van der Waals surface area contributed by atoms with Gasteiger partial charge in [-0.25, -0.2) is 8.42 Å². The van der Waals surface area contributed by atoms with Crippen molar-refractivity contribution in [1.82, 2.24) is 4.90 Å². The van der Waals surface area contributed by atoms with Gasteiger partial charge in [0.25, 0.3) is 0 Å². The lowest BCUT2D eigenvalue weighted by Gasteiger charge is -2.23. The van der Waals surface area contributed by atoms with E-state index in [9.17, 15) is 8.42 Å². The van der Waals surface area contributed by atoms with Gasteiger partial charge in [0.05, 0.1) is 11.9 Å². The van der Waals surface area contributed by atoms with Crippen molar-refractivity contribution in [3.05, 3.63) is 59.2 Å². The molecule has 6 heteroatoms. The molecule has 1 N–H and O–H groups in total. The molecule has 132 valence electrons. The monoisotopic (exact) mass is 357 g/mol. The molecule has 0 atom stereocenters. The van der Waals surface area contributed by atoms with Crippen molar-refractivity contribution >= 4 is 21.4 Å². The zero-order valence-electron chi connectivity index (χ0n) is 14.4. The smallest absolute Gasteiger partial charge is 0.232 e. The van der Waals surface area contributed by atoms with Crippen LogP contribution >= 0.6 is 0 Å². The van der Waals surface area contributed by atoms with Gasteiger partial charge in [-0.2, -0.15) is 0 Å². The van der Waals surface area contributed by atoms with Crippen molar-refractivity contribution < 1.29 is 8.42 Å². The molecule has 2 aliphatic heterocycles. The lowest BCUT2D eigenvalue weighted by molar-refractivity contribution is 0.271. The number of benzene rings is 2. The fourth-order valence-electron chi connectivity index (χ4n) is 3.82. The van der Waals surface area contributed by atoms with Crippen LogP contribution in [0.2, 0.25) is 0 Å². The number of para-hydroxylation sites is 2. The summed E-state index contributed by atoms with van der Waals surface area (Å²) < 4.78 is 26.0. The predicted octanol–water partition coefficient (Wildman–Crippen LogP) is 2.44. The van der Waals surface area contributed by atoms with Crippen molar-refractivity contribution in [1.29, 1.82) is 0 Å². The Labute approximate surface area is 149 Å². The minimum Gasteiger partial charge on any atom is -0.384 e. The number of rotatable bonds is 3. The highest BCUT2D eigenvalue weighted by Gasteiger charge is 2.26. The first-order chi connectivity index (χ1) is 12.0. The molecule has 0 bridgehead atoms. The summed E-state index contributed by atoms with van der Waals surface area (Å²) in [5.74, 6) is 0. The second-order valence-electron chi connectivity index (χ2n) is 6.80. The average Bonchev–Trinajstić information content (AvgIpc) is 2.96. The quantitative estimate of drug-likeness (QED) is 0.917. The van der Waals surface area contributed by atoms with E-state index in [0.717, 1.165) is 37.3 Å². The van der Waals surface area contributed by atoms with Crippen LogP contribution in [0.4, 0.5) is 11.4 Å². The number of hydrogen-bond acceptors (Lipinski definition) is 4. The second-order valence-corrected chi connectivity index (χ2v) is 8.71. The summed E-state index contributed by atoms with van der Waals surface area (Å²) in [5.41, 5.74) is 5.81. The number of hydrogen-bond donors (Lipinski definition) is 1. The first-order valence-corrected chi connectivity index (χ1v) is 10.5. The zero-order chi connectivity index (χ0) is 17.4. The number of anilines is 2. The molecule has 2 aliphatic rings. The van der Waals surface area contributed by atoms with Gasteiger partial charge in [-0.1, -0.05) is 36.4 Å². The van der Waals surface area contributed by atoms with Gasteiger partial charge >= 0.3 is 0 Å². The van der Waals surface area contributed by atoms with Gasteiger partial charge in [0.1, 0.15) is 0 Å². The van der Waals surface area contributed by atoms with Gasteiger partial charge in [0.2, 0.25) is 10.0 Å². The standard InChI is InChI=1S/C19H23N3O2S/c1-25(23,24)22-12-11-21(13-16-5-2-3-8-18(16)22)14-17-7-4-6-15-9-10-20-19(15)17/h2-8,20H,9-14H2,1H3. The molecule has 0 radical (unpaired) electrons. The molecule has 0 saturated carbocycles. The summed E-state index contributed by atoms with van der Waals surface area (Å²) in [4.78, 5) is 2.33. The lowest BCUT2D eigenvalue weighted by atomic mass is 10.1. The molecule has 0 fully saturated rings. The van der Waals surface area contributed by atoms with E-state index in [1.165, 1.54) is 27.4 Å². The van der Waals surface area contributed by atoms with Crippen LogP contribution in [0.1, 0.15) is 16.7 Å². The van der Waals surface area contributed by atoms with E-state index in [2.05, 4.69) is 28.4 Å². The lowest BCUT2D eigenvalue weighted by Crippen LogP contribution is -2.35. The average molecular weight is 357 g/mol. The van der Waals surface area contributed by atoms with Crippen LogP contribution in [0.25, 0.3) is 0 Å². The third-order valence-corrected chi connectivity index (χ3v) is 6.18. The third-order valence-electron chi connectivity index (χ3n) is 5.00. The Balaban J connectivity index is 1.63. The minimum atomic E-state index is -3.27. The summed E-state index contributed by atoms with van der Waals surface area (Å²) in [6.45, 7) is 3.77. The number of nitrogens with zero attached hydrogens (tertiary/aromatic N) is 2. The van der Waals surface area contributed by atoms with Gasteiger partial charge in [-0.3, -0.25) is 9.21 Å². The number of nitrogens with one attached hydrogen (secondary N) is 1. The van der Waals surface area contributed by atoms with E-state index in [-0.39, 0.29) is 0 Å². The second kappa shape index (κ2) is 6.35. The summed E-state index contributed by atoms with van der Waals surface area (Å²) in [7, 11) is -3.27. The van der Waals surface area contributed by atoms with E-state index in [1.807, 2.05) is 24.3 Å². The molecule has 0 saturated heterocycles. The Morgan fingerprint density at radius 3 is 2.68 bits per heavy atom. The molecule has 0 amide bonds. The van der Waals surface area contributed by atoms with E-state index >= 15 is 0 Å². The van der Waals surface area contributed by atoms with Crippen LogP contribution in [-0.4, -0.2) is 39.2 Å². The summed E-state index contributed by atoms with van der Waals surface area (Å²) >= 11 is 0. The number of fused-ring (bicyclic) bond motifs is 2. The van der Waals surface area contributed by atoms with Crippen LogP contribution < -0.4 is 9.62 Å². The van der Waals surface area contributed by atoms with Crippen LogP contribution in [0.5, 0.6) is 0 Å². The molecule has 0 spiro atoms. The Morgan fingerprint density at radius 2 is 1.84 bits per heavy atom. The van der Waals surface area contributed by atoms with Crippen LogP contribution in [-0.2, 0) is 29.5 Å². The van der Waals surface area contributed by atoms with Gasteiger partial charge in [-0.05, 0) is 29.2 Å². The maximum Gasteiger partial charge on any atom is 0.232 e. The zero-order valence-corrected chi connectivity index (χ0v) is 15.2. The molecule has 2 aromatic rings. The molecular weight excluding hydrogens is 334 g/mol. The molecule has 2 heterocycles. The molecule has 25 heavy (non-hydrogen) atoms. The van der Waals surface area contributed by atoms with Gasteiger partial charge in [0, 0.05) is 38.4 Å². The first kappa shape index (κ1) is 16.4. The normalized spacial score (nSPS) is 17.6. The van der Waals surface area contributed by atoms with Crippen molar-refractivity contribution in [3.8, 4) is 0 Å². The topological polar surface area (TPSA) is 52.7 Å². The largest absolute Gasteiger partial charge is 0.384 e. The summed E-state index contributed by atoms with van der Waals surface area (Å²) in [5, 5.41) is 3.49.